The molecule has 3 rings (SSSR count). The van der Waals surface area contributed by atoms with Gasteiger partial charge < -0.3 is 8.98 Å². The summed E-state index contributed by atoms with van der Waals surface area (Å²) in [5, 5.41) is 4.06. The molecule has 3 aromatic rings. The maximum Gasteiger partial charge on any atom is 0.437 e. The number of rotatable bonds is 6. The van der Waals surface area contributed by atoms with Crippen molar-refractivity contribution in [3.05, 3.63) is 63.7 Å². The van der Waals surface area contributed by atoms with Crippen LogP contribution in [-0.2, 0) is 13.1 Å². The molecule has 0 saturated carbocycles. The molecule has 136 valence electrons. The van der Waals surface area contributed by atoms with Crippen LogP contribution in [0.3, 0.4) is 0 Å². The summed E-state index contributed by atoms with van der Waals surface area (Å²) in [4.78, 5) is 24.7. The molecule has 0 aliphatic heterocycles. The average Bonchev–Trinajstić information content (AvgIpc) is 3.10. The van der Waals surface area contributed by atoms with Crippen LogP contribution in [-0.4, -0.2) is 20.1 Å². The van der Waals surface area contributed by atoms with Gasteiger partial charge in [-0.15, -0.1) is 5.10 Å². The van der Waals surface area contributed by atoms with Crippen molar-refractivity contribution in [2.24, 2.45) is 0 Å². The smallest absolute Gasteiger partial charge is 0.388 e. The minimum atomic E-state index is -0.722. The van der Waals surface area contributed by atoms with Gasteiger partial charge in [0.15, 0.2) is 5.78 Å². The number of hydrogen-bond acceptors (Lipinski definition) is 4. The molecular weight excluding hydrogens is 337 g/mol. The van der Waals surface area contributed by atoms with E-state index in [0.29, 0.717) is 11.1 Å². The lowest BCUT2D eigenvalue weighted by molar-refractivity contribution is 0.0964. The Labute approximate surface area is 149 Å². The van der Waals surface area contributed by atoms with Crippen LogP contribution in [0.2, 0.25) is 0 Å². The molecule has 0 atom stereocenters. The van der Waals surface area contributed by atoms with Crippen LogP contribution >= 0.6 is 0 Å². The fourth-order valence-corrected chi connectivity index (χ4v) is 2.99. The molecule has 0 aliphatic carbocycles. The Morgan fingerprint density at radius 3 is 2.58 bits per heavy atom. The Bertz CT molecular complexity index is 996. The van der Waals surface area contributed by atoms with Crippen molar-refractivity contribution in [3.63, 3.8) is 0 Å². The van der Waals surface area contributed by atoms with Crippen molar-refractivity contribution in [2.45, 2.75) is 40.3 Å². The second-order valence-corrected chi connectivity index (χ2v) is 6.20. The molecule has 1 aromatic carbocycles. The lowest BCUT2D eigenvalue weighted by Gasteiger charge is -2.07. The first-order valence-corrected chi connectivity index (χ1v) is 8.44. The number of carbonyl (C=O) groups excluding carboxylic acids is 1. The average molecular weight is 357 g/mol. The Morgan fingerprint density at radius 1 is 1.23 bits per heavy atom. The van der Waals surface area contributed by atoms with Gasteiger partial charge in [-0.2, -0.15) is 4.68 Å². The molecule has 0 fully saturated rings. The number of carbonyl (C=O) groups is 1. The minimum Gasteiger partial charge on any atom is -0.388 e. The summed E-state index contributed by atoms with van der Waals surface area (Å²) < 4.78 is 21.2. The van der Waals surface area contributed by atoms with E-state index in [9.17, 15) is 14.0 Å². The van der Waals surface area contributed by atoms with Gasteiger partial charge >= 0.3 is 5.76 Å². The summed E-state index contributed by atoms with van der Waals surface area (Å²) in [6, 6.07) is 7.26. The van der Waals surface area contributed by atoms with Crippen molar-refractivity contribution >= 4 is 5.78 Å². The van der Waals surface area contributed by atoms with Gasteiger partial charge in [-0.05, 0) is 50.6 Å². The Kier molecular flexibility index (Phi) is 4.88. The first kappa shape index (κ1) is 17.8. The van der Waals surface area contributed by atoms with Gasteiger partial charge in [0.05, 0.1) is 0 Å². The Morgan fingerprint density at radius 2 is 1.92 bits per heavy atom. The SMILES string of the molecule is CCCn1c(C)cc(C(=O)Cn2nc(-c3ccc(F)cc3)oc2=O)c1C. The molecule has 0 aliphatic rings. The van der Waals surface area contributed by atoms with E-state index in [1.165, 1.54) is 24.3 Å². The summed E-state index contributed by atoms with van der Waals surface area (Å²) in [5.41, 5.74) is 2.93. The van der Waals surface area contributed by atoms with Crippen LogP contribution in [0.1, 0.15) is 35.1 Å². The Balaban J connectivity index is 1.85. The normalized spacial score (nSPS) is 11.1. The zero-order valence-electron chi connectivity index (χ0n) is 15.0. The third kappa shape index (κ3) is 3.37. The second kappa shape index (κ2) is 7.11. The van der Waals surface area contributed by atoms with Gasteiger partial charge in [-0.1, -0.05) is 6.92 Å². The fourth-order valence-electron chi connectivity index (χ4n) is 2.99. The van der Waals surface area contributed by atoms with Gasteiger partial charge in [0, 0.05) is 29.1 Å². The highest BCUT2D eigenvalue weighted by molar-refractivity contribution is 5.97. The van der Waals surface area contributed by atoms with E-state index in [1.807, 2.05) is 19.9 Å². The molecule has 0 spiro atoms. The third-order valence-corrected chi connectivity index (χ3v) is 4.31. The molecule has 0 bridgehead atoms. The first-order chi connectivity index (χ1) is 12.4. The topological polar surface area (TPSA) is 70.0 Å². The van der Waals surface area contributed by atoms with Gasteiger partial charge in [0.25, 0.3) is 0 Å². The van der Waals surface area contributed by atoms with E-state index in [4.69, 9.17) is 4.42 Å². The van der Waals surface area contributed by atoms with Crippen molar-refractivity contribution in [2.75, 3.05) is 0 Å². The molecule has 26 heavy (non-hydrogen) atoms. The Hall–Kier alpha value is -2.96. The predicted molar refractivity (Wildman–Crippen MR) is 94.7 cm³/mol. The number of aromatic nitrogens is 3. The molecule has 6 nitrogen and oxygen atoms in total. The van der Waals surface area contributed by atoms with Crippen LogP contribution in [0.4, 0.5) is 4.39 Å². The van der Waals surface area contributed by atoms with Crippen molar-refractivity contribution in [1.82, 2.24) is 14.3 Å². The van der Waals surface area contributed by atoms with Gasteiger partial charge in [-0.25, -0.2) is 9.18 Å². The number of halogens is 1. The van der Waals surface area contributed by atoms with Crippen LogP contribution < -0.4 is 5.76 Å². The van der Waals surface area contributed by atoms with E-state index >= 15 is 0 Å². The first-order valence-electron chi connectivity index (χ1n) is 8.44. The molecular formula is C19H20FN3O3. The van der Waals surface area contributed by atoms with Crippen LogP contribution in [0.25, 0.3) is 11.5 Å². The zero-order valence-corrected chi connectivity index (χ0v) is 15.0. The van der Waals surface area contributed by atoms with E-state index < -0.39 is 11.6 Å². The predicted octanol–water partition coefficient (Wildman–Crippen LogP) is 3.35. The summed E-state index contributed by atoms with van der Waals surface area (Å²) >= 11 is 0. The summed E-state index contributed by atoms with van der Waals surface area (Å²) in [6.07, 6.45) is 0.966. The van der Waals surface area contributed by atoms with Crippen molar-refractivity contribution in [3.8, 4) is 11.5 Å². The maximum atomic E-state index is 13.0. The van der Waals surface area contributed by atoms with Crippen molar-refractivity contribution in [1.29, 1.82) is 0 Å². The molecule has 0 N–H and O–H groups in total. The molecule has 2 aromatic heterocycles. The molecule has 2 heterocycles. The number of benzene rings is 1. The standard InChI is InChI=1S/C19H20FN3O3/c1-4-9-22-12(2)10-16(13(22)3)17(24)11-23-19(25)26-18(21-23)14-5-7-15(20)8-6-14/h5-8,10H,4,9,11H2,1-3H3. The molecule has 0 saturated heterocycles. The second-order valence-electron chi connectivity index (χ2n) is 6.20. The monoisotopic (exact) mass is 357 g/mol. The quantitative estimate of drug-likeness (QED) is 0.634. The largest absolute Gasteiger partial charge is 0.437 e. The molecule has 0 radical (unpaired) electrons. The number of ketones is 1. The molecule has 0 amide bonds. The van der Waals surface area contributed by atoms with E-state index in [1.54, 1.807) is 0 Å². The van der Waals surface area contributed by atoms with Gasteiger partial charge in [0.2, 0.25) is 5.89 Å². The van der Waals surface area contributed by atoms with Crippen LogP contribution in [0.15, 0.2) is 39.5 Å². The van der Waals surface area contributed by atoms with Gasteiger partial charge in [0.1, 0.15) is 12.4 Å². The summed E-state index contributed by atoms with van der Waals surface area (Å²) in [5.74, 6) is -1.27. The number of aryl methyl sites for hydroxylation is 1. The highest BCUT2D eigenvalue weighted by Crippen LogP contribution is 2.18. The lowest BCUT2D eigenvalue weighted by atomic mass is 10.1. The lowest BCUT2D eigenvalue weighted by Crippen LogP contribution is -2.22. The zero-order chi connectivity index (χ0) is 18.8. The van der Waals surface area contributed by atoms with Gasteiger partial charge in [-0.3, -0.25) is 4.79 Å². The number of Topliss-reactive ketones (excluding diaryl/α,β-unsaturated/α-hetero) is 1. The summed E-state index contributed by atoms with van der Waals surface area (Å²) in [6.45, 7) is 6.55. The van der Waals surface area contributed by atoms with E-state index in [-0.39, 0.29) is 18.2 Å². The van der Waals surface area contributed by atoms with E-state index in [0.717, 1.165) is 29.0 Å². The molecule has 7 heteroatoms. The maximum absolute atomic E-state index is 13.0. The molecule has 0 unspecified atom stereocenters. The van der Waals surface area contributed by atoms with E-state index in [2.05, 4.69) is 16.6 Å². The summed E-state index contributed by atoms with van der Waals surface area (Å²) in [7, 11) is 0. The number of nitrogens with zero attached hydrogens (tertiary/aromatic N) is 3. The minimum absolute atomic E-state index is 0.0549. The van der Waals surface area contributed by atoms with Crippen LogP contribution in [0.5, 0.6) is 0 Å². The number of hydrogen-bond donors (Lipinski definition) is 0. The fraction of sp³-hybridized carbons (Fsp3) is 0.316. The highest BCUT2D eigenvalue weighted by Gasteiger charge is 2.19. The van der Waals surface area contributed by atoms with Crippen LogP contribution in [0, 0.1) is 19.7 Å². The van der Waals surface area contributed by atoms with Crippen molar-refractivity contribution < 1.29 is 13.6 Å². The third-order valence-electron chi connectivity index (χ3n) is 4.31. The highest BCUT2D eigenvalue weighted by atomic mass is 19.1.